The van der Waals surface area contributed by atoms with Gasteiger partial charge in [0.15, 0.2) is 0 Å². The molecule has 180 valence electrons. The molecule has 1 aliphatic carbocycles. The molecule has 0 radical (unpaired) electrons. The number of nitrogens with zero attached hydrogens (tertiary/aromatic N) is 1. The van der Waals surface area contributed by atoms with Crippen LogP contribution in [-0.2, 0) is 16.1 Å². The maximum absolute atomic E-state index is 12.7. The summed E-state index contributed by atoms with van der Waals surface area (Å²) in [5, 5.41) is 11.8. The number of nitrogens with one attached hydrogen (secondary N) is 1. The van der Waals surface area contributed by atoms with E-state index in [-0.39, 0.29) is 37.6 Å². The Kier molecular flexibility index (Phi) is 7.15. The first-order valence-corrected chi connectivity index (χ1v) is 11.6. The van der Waals surface area contributed by atoms with Crippen LogP contribution in [0, 0.1) is 0 Å². The van der Waals surface area contributed by atoms with Gasteiger partial charge in [0.1, 0.15) is 13.2 Å². The monoisotopic (exact) mass is 472 g/mol. The molecule has 0 fully saturated rings. The van der Waals surface area contributed by atoms with Crippen LogP contribution in [0.3, 0.4) is 0 Å². The SMILES string of the molecule is CC(C)N(CC(=O)O)C(=O)c1ccc(CNC(=O)OCC2c3ccccc3-c3ccccc32)cc1. The Balaban J connectivity index is 1.33. The zero-order valence-electron chi connectivity index (χ0n) is 19.7. The Morgan fingerprint density at radius 2 is 1.49 bits per heavy atom. The molecular weight excluding hydrogens is 444 g/mol. The number of carbonyl (C=O) groups is 3. The van der Waals surface area contributed by atoms with Gasteiger partial charge < -0.3 is 20.1 Å². The summed E-state index contributed by atoms with van der Waals surface area (Å²) in [6.45, 7) is 3.67. The van der Waals surface area contributed by atoms with E-state index in [1.165, 1.54) is 16.0 Å². The molecule has 0 atom stereocenters. The fraction of sp³-hybridized carbons (Fsp3) is 0.250. The Bertz CT molecular complexity index is 1190. The van der Waals surface area contributed by atoms with E-state index >= 15 is 0 Å². The molecule has 0 aromatic heterocycles. The van der Waals surface area contributed by atoms with Gasteiger partial charge in [0, 0.05) is 24.1 Å². The van der Waals surface area contributed by atoms with Gasteiger partial charge in [0.25, 0.3) is 5.91 Å². The van der Waals surface area contributed by atoms with Crippen LogP contribution in [0.2, 0.25) is 0 Å². The molecule has 0 saturated heterocycles. The van der Waals surface area contributed by atoms with Crippen molar-refractivity contribution in [2.75, 3.05) is 13.2 Å². The number of alkyl carbamates (subject to hydrolysis) is 1. The number of hydrogen-bond acceptors (Lipinski definition) is 4. The lowest BCUT2D eigenvalue weighted by Crippen LogP contribution is -2.40. The summed E-state index contributed by atoms with van der Waals surface area (Å²) in [7, 11) is 0. The van der Waals surface area contributed by atoms with E-state index in [2.05, 4.69) is 29.6 Å². The van der Waals surface area contributed by atoms with Gasteiger partial charge in [-0.2, -0.15) is 0 Å². The summed E-state index contributed by atoms with van der Waals surface area (Å²) in [5.74, 6) is -1.41. The minimum Gasteiger partial charge on any atom is -0.480 e. The molecule has 2 amide bonds. The molecule has 0 bridgehead atoms. The zero-order chi connectivity index (χ0) is 24.9. The lowest BCUT2D eigenvalue weighted by atomic mass is 9.98. The van der Waals surface area contributed by atoms with Gasteiger partial charge in [-0.05, 0) is 53.8 Å². The molecule has 7 nitrogen and oxygen atoms in total. The third-order valence-corrected chi connectivity index (χ3v) is 6.17. The molecule has 1 aliphatic rings. The van der Waals surface area contributed by atoms with Gasteiger partial charge >= 0.3 is 12.1 Å². The highest BCUT2D eigenvalue weighted by Crippen LogP contribution is 2.44. The molecular formula is C28H28N2O5. The minimum absolute atomic E-state index is 0.00634. The second-order valence-corrected chi connectivity index (χ2v) is 8.80. The number of amides is 2. The average Bonchev–Trinajstić information content (AvgIpc) is 3.18. The first kappa shape index (κ1) is 24.0. The highest BCUT2D eigenvalue weighted by molar-refractivity contribution is 5.96. The number of benzene rings is 3. The average molecular weight is 473 g/mol. The van der Waals surface area contributed by atoms with E-state index in [9.17, 15) is 14.4 Å². The normalized spacial score (nSPS) is 12.1. The third kappa shape index (κ3) is 5.35. The number of carboxylic acid groups (broad SMARTS) is 1. The predicted molar refractivity (Wildman–Crippen MR) is 132 cm³/mol. The topological polar surface area (TPSA) is 95.9 Å². The van der Waals surface area contributed by atoms with Crippen LogP contribution in [0.25, 0.3) is 11.1 Å². The maximum Gasteiger partial charge on any atom is 0.407 e. The molecule has 4 rings (SSSR count). The summed E-state index contributed by atoms with van der Waals surface area (Å²) in [6.07, 6.45) is -0.514. The molecule has 0 saturated carbocycles. The molecule has 0 spiro atoms. The van der Waals surface area contributed by atoms with Gasteiger partial charge in [0.2, 0.25) is 0 Å². The van der Waals surface area contributed by atoms with Crippen LogP contribution in [0.1, 0.15) is 46.8 Å². The van der Waals surface area contributed by atoms with E-state index in [0.29, 0.717) is 5.56 Å². The van der Waals surface area contributed by atoms with Crippen molar-refractivity contribution in [3.63, 3.8) is 0 Å². The predicted octanol–water partition coefficient (Wildman–Crippen LogP) is 4.66. The molecule has 2 N–H and O–H groups in total. The smallest absolute Gasteiger partial charge is 0.407 e. The van der Waals surface area contributed by atoms with Crippen LogP contribution in [0.4, 0.5) is 4.79 Å². The van der Waals surface area contributed by atoms with Crippen molar-refractivity contribution in [2.45, 2.75) is 32.4 Å². The van der Waals surface area contributed by atoms with Gasteiger partial charge in [-0.15, -0.1) is 0 Å². The van der Waals surface area contributed by atoms with E-state index in [4.69, 9.17) is 9.84 Å². The van der Waals surface area contributed by atoms with Crippen molar-refractivity contribution in [3.8, 4) is 11.1 Å². The lowest BCUT2D eigenvalue weighted by molar-refractivity contribution is -0.138. The number of aliphatic carboxylic acids is 1. The summed E-state index contributed by atoms with van der Waals surface area (Å²) >= 11 is 0. The maximum atomic E-state index is 12.7. The quantitative estimate of drug-likeness (QED) is 0.497. The van der Waals surface area contributed by atoms with Gasteiger partial charge in [-0.25, -0.2) is 4.79 Å². The van der Waals surface area contributed by atoms with Crippen molar-refractivity contribution in [1.29, 1.82) is 0 Å². The molecule has 0 aliphatic heterocycles. The van der Waals surface area contributed by atoms with Crippen LogP contribution in [-0.4, -0.2) is 47.2 Å². The van der Waals surface area contributed by atoms with E-state index in [1.807, 2.05) is 24.3 Å². The number of carbonyl (C=O) groups excluding carboxylic acids is 2. The number of rotatable bonds is 8. The summed E-state index contributed by atoms with van der Waals surface area (Å²) < 4.78 is 5.55. The molecule has 3 aromatic carbocycles. The van der Waals surface area contributed by atoms with Crippen molar-refractivity contribution in [3.05, 3.63) is 95.1 Å². The third-order valence-electron chi connectivity index (χ3n) is 6.17. The zero-order valence-corrected chi connectivity index (χ0v) is 19.7. The minimum atomic E-state index is -1.06. The number of carboxylic acids is 1. The van der Waals surface area contributed by atoms with Crippen molar-refractivity contribution in [1.82, 2.24) is 10.2 Å². The largest absolute Gasteiger partial charge is 0.480 e. The van der Waals surface area contributed by atoms with E-state index in [1.54, 1.807) is 38.1 Å². The van der Waals surface area contributed by atoms with Gasteiger partial charge in [-0.1, -0.05) is 60.7 Å². The molecule has 35 heavy (non-hydrogen) atoms. The first-order valence-electron chi connectivity index (χ1n) is 11.6. The lowest BCUT2D eigenvalue weighted by Gasteiger charge is -2.25. The highest BCUT2D eigenvalue weighted by Gasteiger charge is 2.29. The highest BCUT2D eigenvalue weighted by atomic mass is 16.5. The Morgan fingerprint density at radius 3 is 2.03 bits per heavy atom. The second-order valence-electron chi connectivity index (χ2n) is 8.80. The Labute approximate surface area is 204 Å². The Morgan fingerprint density at radius 1 is 0.914 bits per heavy atom. The fourth-order valence-corrected chi connectivity index (χ4v) is 4.39. The number of fused-ring (bicyclic) bond motifs is 3. The fourth-order valence-electron chi connectivity index (χ4n) is 4.39. The summed E-state index contributed by atoms with van der Waals surface area (Å²) in [5.41, 5.74) is 5.84. The summed E-state index contributed by atoms with van der Waals surface area (Å²) in [4.78, 5) is 37.4. The van der Waals surface area contributed by atoms with Crippen molar-refractivity contribution < 1.29 is 24.2 Å². The number of hydrogen-bond donors (Lipinski definition) is 2. The van der Waals surface area contributed by atoms with Gasteiger partial charge in [0.05, 0.1) is 0 Å². The standard InChI is InChI=1S/C28H28N2O5/c1-18(2)30(16-26(31)32)27(33)20-13-11-19(12-14-20)15-29-28(34)35-17-25-23-9-5-3-7-21(23)22-8-4-6-10-24(22)25/h3-14,18,25H,15-17H2,1-2H3,(H,29,34)(H,31,32). The molecule has 0 unspecified atom stereocenters. The van der Waals surface area contributed by atoms with Crippen molar-refractivity contribution >= 4 is 18.0 Å². The van der Waals surface area contributed by atoms with Crippen LogP contribution in [0.5, 0.6) is 0 Å². The summed E-state index contributed by atoms with van der Waals surface area (Å²) in [6, 6.07) is 22.8. The van der Waals surface area contributed by atoms with Crippen LogP contribution < -0.4 is 5.32 Å². The van der Waals surface area contributed by atoms with Crippen molar-refractivity contribution in [2.24, 2.45) is 0 Å². The molecule has 7 heteroatoms. The second kappa shape index (κ2) is 10.4. The van der Waals surface area contributed by atoms with Crippen LogP contribution in [0.15, 0.2) is 72.8 Å². The Hall–Kier alpha value is -4.13. The van der Waals surface area contributed by atoms with E-state index < -0.39 is 12.1 Å². The van der Waals surface area contributed by atoms with E-state index in [0.717, 1.165) is 16.7 Å². The first-order chi connectivity index (χ1) is 16.8. The molecule has 0 heterocycles. The van der Waals surface area contributed by atoms with Gasteiger partial charge in [-0.3, -0.25) is 9.59 Å². The number of ether oxygens (including phenoxy) is 1. The molecule has 3 aromatic rings. The van der Waals surface area contributed by atoms with Crippen LogP contribution >= 0.6 is 0 Å².